The maximum absolute atomic E-state index is 13.1. The number of nitrogens with one attached hydrogen (secondary N) is 2. The third kappa shape index (κ3) is 5.84. The van der Waals surface area contributed by atoms with E-state index in [1.807, 2.05) is 42.5 Å². The van der Waals surface area contributed by atoms with Gasteiger partial charge in [0.05, 0.1) is 7.11 Å². The zero-order valence-corrected chi connectivity index (χ0v) is 16.8. The van der Waals surface area contributed by atoms with E-state index in [1.165, 1.54) is 7.11 Å². The number of alkyl carbamates (subject to hydrolysis) is 1. The Kier molecular flexibility index (Phi) is 6.83. The van der Waals surface area contributed by atoms with Gasteiger partial charge in [0.2, 0.25) is 5.91 Å². The molecule has 1 aliphatic carbocycles. The SMILES string of the molecule is COC(=O)[C@H](Cc1ccccc1)NC(=O)C1(NC(=O)OC(C)(C)C)CC=CC1. The molecular weight excluding hydrogens is 360 g/mol. The summed E-state index contributed by atoms with van der Waals surface area (Å²) in [6, 6.07) is 8.47. The first-order valence-electron chi connectivity index (χ1n) is 9.24. The molecule has 0 radical (unpaired) electrons. The van der Waals surface area contributed by atoms with Gasteiger partial charge in [-0.1, -0.05) is 42.5 Å². The molecule has 2 rings (SSSR count). The second-order valence-electron chi connectivity index (χ2n) is 7.83. The number of esters is 1. The molecule has 0 aromatic heterocycles. The average Bonchev–Trinajstić information content (AvgIpc) is 3.09. The van der Waals surface area contributed by atoms with E-state index in [-0.39, 0.29) is 6.42 Å². The second kappa shape index (κ2) is 8.91. The molecule has 1 atom stereocenters. The molecule has 0 saturated carbocycles. The lowest BCUT2D eigenvalue weighted by molar-refractivity contribution is -0.145. The zero-order chi connectivity index (χ0) is 20.8. The van der Waals surface area contributed by atoms with Crippen LogP contribution >= 0.6 is 0 Å². The van der Waals surface area contributed by atoms with Gasteiger partial charge in [0, 0.05) is 6.42 Å². The van der Waals surface area contributed by atoms with Crippen molar-refractivity contribution in [3.05, 3.63) is 48.0 Å². The molecule has 7 heteroatoms. The summed E-state index contributed by atoms with van der Waals surface area (Å²) >= 11 is 0. The molecule has 2 N–H and O–H groups in total. The summed E-state index contributed by atoms with van der Waals surface area (Å²) in [6.07, 6.45) is 3.89. The van der Waals surface area contributed by atoms with Crippen molar-refractivity contribution in [2.45, 2.75) is 57.2 Å². The highest BCUT2D eigenvalue weighted by Gasteiger charge is 2.43. The Hall–Kier alpha value is -2.83. The summed E-state index contributed by atoms with van der Waals surface area (Å²) in [7, 11) is 1.28. The van der Waals surface area contributed by atoms with Crippen molar-refractivity contribution < 1.29 is 23.9 Å². The van der Waals surface area contributed by atoms with E-state index in [2.05, 4.69) is 10.6 Å². The number of rotatable bonds is 6. The van der Waals surface area contributed by atoms with E-state index >= 15 is 0 Å². The Morgan fingerprint density at radius 1 is 1.11 bits per heavy atom. The highest BCUT2D eigenvalue weighted by atomic mass is 16.6. The van der Waals surface area contributed by atoms with Gasteiger partial charge in [-0.05, 0) is 39.2 Å². The molecule has 0 heterocycles. The van der Waals surface area contributed by atoms with Crippen LogP contribution in [0.1, 0.15) is 39.2 Å². The van der Waals surface area contributed by atoms with E-state index in [1.54, 1.807) is 20.8 Å². The Bertz CT molecular complexity index is 729. The molecule has 2 amide bonds. The minimum Gasteiger partial charge on any atom is -0.467 e. The van der Waals surface area contributed by atoms with Crippen LogP contribution < -0.4 is 10.6 Å². The van der Waals surface area contributed by atoms with Gasteiger partial charge in [-0.15, -0.1) is 0 Å². The van der Waals surface area contributed by atoms with E-state index in [4.69, 9.17) is 9.47 Å². The molecule has 0 spiro atoms. The average molecular weight is 388 g/mol. The fourth-order valence-electron chi connectivity index (χ4n) is 2.98. The van der Waals surface area contributed by atoms with E-state index in [9.17, 15) is 14.4 Å². The zero-order valence-electron chi connectivity index (χ0n) is 16.8. The van der Waals surface area contributed by atoms with Crippen molar-refractivity contribution in [1.82, 2.24) is 10.6 Å². The quantitative estimate of drug-likeness (QED) is 0.577. The monoisotopic (exact) mass is 388 g/mol. The topological polar surface area (TPSA) is 93.7 Å². The molecule has 152 valence electrons. The van der Waals surface area contributed by atoms with E-state index in [0.717, 1.165) is 5.56 Å². The van der Waals surface area contributed by atoms with Crippen molar-refractivity contribution >= 4 is 18.0 Å². The molecule has 0 saturated heterocycles. The Labute approximate surface area is 165 Å². The largest absolute Gasteiger partial charge is 0.467 e. The number of hydrogen-bond donors (Lipinski definition) is 2. The molecule has 28 heavy (non-hydrogen) atoms. The van der Waals surface area contributed by atoms with Gasteiger partial charge in [-0.3, -0.25) is 4.79 Å². The van der Waals surface area contributed by atoms with Crippen molar-refractivity contribution in [3.63, 3.8) is 0 Å². The van der Waals surface area contributed by atoms with Crippen molar-refractivity contribution in [2.24, 2.45) is 0 Å². The summed E-state index contributed by atoms with van der Waals surface area (Å²) < 4.78 is 10.1. The summed E-state index contributed by atoms with van der Waals surface area (Å²) in [6.45, 7) is 5.25. The second-order valence-corrected chi connectivity index (χ2v) is 7.83. The lowest BCUT2D eigenvalue weighted by Crippen LogP contribution is -2.60. The Morgan fingerprint density at radius 3 is 2.25 bits per heavy atom. The van der Waals surface area contributed by atoms with Crippen LogP contribution in [0.15, 0.2) is 42.5 Å². The maximum Gasteiger partial charge on any atom is 0.408 e. The van der Waals surface area contributed by atoms with E-state index in [0.29, 0.717) is 12.8 Å². The van der Waals surface area contributed by atoms with Gasteiger partial charge >= 0.3 is 12.1 Å². The van der Waals surface area contributed by atoms with Gasteiger partial charge in [0.15, 0.2) is 0 Å². The highest BCUT2D eigenvalue weighted by Crippen LogP contribution is 2.25. The number of carbonyl (C=O) groups excluding carboxylic acids is 3. The number of amides is 2. The van der Waals surface area contributed by atoms with Gasteiger partial charge in [0.1, 0.15) is 17.2 Å². The predicted octanol–water partition coefficient (Wildman–Crippen LogP) is 2.50. The molecule has 0 aliphatic heterocycles. The molecule has 1 aromatic carbocycles. The molecule has 0 fully saturated rings. The molecule has 1 aliphatic rings. The first-order valence-corrected chi connectivity index (χ1v) is 9.24. The maximum atomic E-state index is 13.1. The Balaban J connectivity index is 2.13. The Morgan fingerprint density at radius 2 is 1.71 bits per heavy atom. The van der Waals surface area contributed by atoms with Crippen LogP contribution in [-0.2, 0) is 25.5 Å². The smallest absolute Gasteiger partial charge is 0.408 e. The number of benzene rings is 1. The molecular formula is C21H28N2O5. The van der Waals surface area contributed by atoms with Gasteiger partial charge < -0.3 is 20.1 Å². The van der Waals surface area contributed by atoms with E-state index < -0.39 is 35.2 Å². The van der Waals surface area contributed by atoms with Gasteiger partial charge in [-0.2, -0.15) is 0 Å². The van der Waals surface area contributed by atoms with Crippen molar-refractivity contribution in [3.8, 4) is 0 Å². The van der Waals surface area contributed by atoms with Crippen LogP contribution in [0.25, 0.3) is 0 Å². The summed E-state index contributed by atoms with van der Waals surface area (Å²) in [5.74, 6) is -0.995. The third-order valence-corrected chi connectivity index (χ3v) is 4.35. The van der Waals surface area contributed by atoms with Crippen LogP contribution in [-0.4, -0.2) is 42.3 Å². The summed E-state index contributed by atoms with van der Waals surface area (Å²) in [5.41, 5.74) is -0.988. The van der Waals surface area contributed by atoms with Crippen LogP contribution in [0.5, 0.6) is 0 Å². The molecule has 0 unspecified atom stereocenters. The third-order valence-electron chi connectivity index (χ3n) is 4.35. The fraction of sp³-hybridized carbons (Fsp3) is 0.476. The minimum absolute atomic E-state index is 0.287. The number of hydrogen-bond acceptors (Lipinski definition) is 5. The fourth-order valence-corrected chi connectivity index (χ4v) is 2.98. The van der Waals surface area contributed by atoms with Crippen LogP contribution in [0, 0.1) is 0 Å². The number of methoxy groups -OCH3 is 1. The van der Waals surface area contributed by atoms with Crippen molar-refractivity contribution in [2.75, 3.05) is 7.11 Å². The minimum atomic E-state index is -1.19. The number of ether oxygens (including phenoxy) is 2. The summed E-state index contributed by atoms with van der Waals surface area (Å²) in [4.78, 5) is 37.5. The lowest BCUT2D eigenvalue weighted by atomic mass is 9.94. The van der Waals surface area contributed by atoms with Gasteiger partial charge in [-0.25, -0.2) is 9.59 Å². The molecule has 7 nitrogen and oxygen atoms in total. The standard InChI is InChI=1S/C21H28N2O5/c1-20(2,3)28-19(26)23-21(12-8-9-13-21)18(25)22-16(17(24)27-4)14-15-10-6-5-7-11-15/h5-11,16H,12-14H2,1-4H3,(H,22,25)(H,23,26)/t16-/m0/s1. The van der Waals surface area contributed by atoms with Crippen LogP contribution in [0.2, 0.25) is 0 Å². The van der Waals surface area contributed by atoms with Gasteiger partial charge in [0.25, 0.3) is 0 Å². The van der Waals surface area contributed by atoms with Crippen LogP contribution in [0.3, 0.4) is 0 Å². The first kappa shape index (κ1) is 21.5. The van der Waals surface area contributed by atoms with Crippen molar-refractivity contribution in [1.29, 1.82) is 0 Å². The normalized spacial score (nSPS) is 16.1. The first-order chi connectivity index (χ1) is 13.1. The molecule has 1 aromatic rings. The molecule has 0 bridgehead atoms. The highest BCUT2D eigenvalue weighted by molar-refractivity contribution is 5.94. The predicted molar refractivity (Wildman–Crippen MR) is 105 cm³/mol. The lowest BCUT2D eigenvalue weighted by Gasteiger charge is -2.32. The van der Waals surface area contributed by atoms with Crippen LogP contribution in [0.4, 0.5) is 4.79 Å². The number of carbonyl (C=O) groups is 3. The summed E-state index contributed by atoms with van der Waals surface area (Å²) in [5, 5.41) is 5.43.